The number of unbranched alkanes of at least 4 members (excludes halogenated alkanes) is 1. The van der Waals surface area contributed by atoms with Gasteiger partial charge in [0.25, 0.3) is 0 Å². The van der Waals surface area contributed by atoms with Crippen LogP contribution in [0, 0.1) is 5.92 Å². The van der Waals surface area contributed by atoms with Crippen LogP contribution in [0.15, 0.2) is 0 Å². The fraction of sp³-hybridized carbons (Fsp3) is 1.00. The SMILES string of the molecule is CCCCC(C)(C)N(CC1CC1)C(C)CSC. The number of hydrogen-bond acceptors (Lipinski definition) is 2. The third-order valence-corrected chi connectivity index (χ3v) is 4.83. The molecule has 1 unspecified atom stereocenters. The molecule has 0 aromatic rings. The summed E-state index contributed by atoms with van der Waals surface area (Å²) in [5.74, 6) is 2.27. The van der Waals surface area contributed by atoms with Gasteiger partial charge in [0.05, 0.1) is 0 Å². The van der Waals surface area contributed by atoms with Gasteiger partial charge in [-0.2, -0.15) is 11.8 Å². The topological polar surface area (TPSA) is 3.24 Å². The van der Waals surface area contributed by atoms with Crippen LogP contribution < -0.4 is 0 Å². The second-order valence-electron chi connectivity index (χ2n) is 6.32. The van der Waals surface area contributed by atoms with E-state index in [0.717, 1.165) is 12.0 Å². The lowest BCUT2D eigenvalue weighted by Gasteiger charge is -2.43. The molecule has 0 aliphatic heterocycles. The summed E-state index contributed by atoms with van der Waals surface area (Å²) in [6.45, 7) is 10.9. The summed E-state index contributed by atoms with van der Waals surface area (Å²) in [5, 5.41) is 0. The zero-order chi connectivity index (χ0) is 12.9. The van der Waals surface area contributed by atoms with Gasteiger partial charge < -0.3 is 0 Å². The number of thioether (sulfide) groups is 1. The second kappa shape index (κ2) is 7.04. The summed E-state index contributed by atoms with van der Waals surface area (Å²) in [6.07, 6.45) is 9.18. The predicted molar refractivity (Wildman–Crippen MR) is 80.9 cm³/mol. The van der Waals surface area contributed by atoms with Gasteiger partial charge in [0, 0.05) is 23.9 Å². The maximum atomic E-state index is 2.79. The minimum atomic E-state index is 0.383. The van der Waals surface area contributed by atoms with Crippen LogP contribution in [0.25, 0.3) is 0 Å². The van der Waals surface area contributed by atoms with Crippen molar-refractivity contribution in [2.24, 2.45) is 5.92 Å². The van der Waals surface area contributed by atoms with Crippen LogP contribution in [0.4, 0.5) is 0 Å². The fourth-order valence-corrected chi connectivity index (χ4v) is 3.35. The molecule has 1 rings (SSSR count). The Balaban J connectivity index is 2.57. The van der Waals surface area contributed by atoms with Crippen molar-refractivity contribution < 1.29 is 0 Å². The zero-order valence-corrected chi connectivity index (χ0v) is 13.3. The molecule has 0 spiro atoms. The van der Waals surface area contributed by atoms with Crippen LogP contribution in [0.1, 0.15) is 59.8 Å². The quantitative estimate of drug-likeness (QED) is 0.601. The van der Waals surface area contributed by atoms with Crippen molar-refractivity contribution in [2.75, 3.05) is 18.6 Å². The maximum Gasteiger partial charge on any atom is 0.0163 e. The second-order valence-corrected chi connectivity index (χ2v) is 7.23. The highest BCUT2D eigenvalue weighted by Crippen LogP contribution is 2.34. The minimum absolute atomic E-state index is 0.383. The van der Waals surface area contributed by atoms with Gasteiger partial charge in [-0.25, -0.2) is 0 Å². The van der Waals surface area contributed by atoms with Crippen LogP contribution >= 0.6 is 11.8 Å². The van der Waals surface area contributed by atoms with E-state index < -0.39 is 0 Å². The molecule has 102 valence electrons. The first-order valence-corrected chi connectivity index (χ1v) is 8.66. The van der Waals surface area contributed by atoms with Gasteiger partial charge in [-0.3, -0.25) is 4.90 Å². The first-order valence-electron chi connectivity index (χ1n) is 7.27. The molecule has 0 amide bonds. The number of nitrogens with zero attached hydrogens (tertiary/aromatic N) is 1. The van der Waals surface area contributed by atoms with Gasteiger partial charge in [0.1, 0.15) is 0 Å². The van der Waals surface area contributed by atoms with Crippen LogP contribution in [-0.2, 0) is 0 Å². The van der Waals surface area contributed by atoms with Crippen molar-refractivity contribution in [3.8, 4) is 0 Å². The minimum Gasteiger partial charge on any atom is -0.294 e. The normalized spacial score (nSPS) is 18.7. The summed E-state index contributed by atoms with van der Waals surface area (Å²) in [5.41, 5.74) is 0.383. The Morgan fingerprint density at radius 3 is 2.47 bits per heavy atom. The van der Waals surface area contributed by atoms with E-state index in [-0.39, 0.29) is 0 Å². The fourth-order valence-electron chi connectivity index (χ4n) is 2.69. The summed E-state index contributed by atoms with van der Waals surface area (Å²) in [7, 11) is 0. The Morgan fingerprint density at radius 2 is 2.00 bits per heavy atom. The average Bonchev–Trinajstić information content (AvgIpc) is 3.07. The molecule has 0 radical (unpaired) electrons. The van der Waals surface area contributed by atoms with E-state index >= 15 is 0 Å². The lowest BCUT2D eigenvalue weighted by Crippen LogP contribution is -2.50. The highest BCUT2D eigenvalue weighted by molar-refractivity contribution is 7.98. The molecule has 0 N–H and O–H groups in total. The molecule has 1 fully saturated rings. The third-order valence-electron chi connectivity index (χ3n) is 4.01. The molecular formula is C15H31NS. The molecule has 0 saturated heterocycles. The van der Waals surface area contributed by atoms with Crippen molar-refractivity contribution in [1.82, 2.24) is 4.90 Å². The molecule has 1 saturated carbocycles. The molecular weight excluding hydrogens is 226 g/mol. The van der Waals surface area contributed by atoms with Gasteiger partial charge in [-0.05, 0) is 52.2 Å². The lowest BCUT2D eigenvalue weighted by molar-refractivity contribution is 0.0714. The van der Waals surface area contributed by atoms with Gasteiger partial charge in [0.2, 0.25) is 0 Å². The monoisotopic (exact) mass is 257 g/mol. The van der Waals surface area contributed by atoms with E-state index in [9.17, 15) is 0 Å². The van der Waals surface area contributed by atoms with Crippen LogP contribution in [0.2, 0.25) is 0 Å². The maximum absolute atomic E-state index is 2.79. The first kappa shape index (κ1) is 15.4. The van der Waals surface area contributed by atoms with E-state index in [1.165, 1.54) is 44.4 Å². The van der Waals surface area contributed by atoms with Crippen molar-refractivity contribution in [3.63, 3.8) is 0 Å². The van der Waals surface area contributed by atoms with Crippen molar-refractivity contribution >= 4 is 11.8 Å². The molecule has 2 heteroatoms. The Morgan fingerprint density at radius 1 is 1.35 bits per heavy atom. The molecule has 17 heavy (non-hydrogen) atoms. The Labute approximate surface area is 113 Å². The van der Waals surface area contributed by atoms with E-state index in [2.05, 4.69) is 38.9 Å². The number of rotatable bonds is 9. The summed E-state index contributed by atoms with van der Waals surface area (Å²) >= 11 is 1.98. The summed E-state index contributed by atoms with van der Waals surface area (Å²) < 4.78 is 0. The Hall–Kier alpha value is 0.310. The van der Waals surface area contributed by atoms with E-state index in [1.54, 1.807) is 0 Å². The van der Waals surface area contributed by atoms with Crippen molar-refractivity contribution in [2.45, 2.75) is 71.4 Å². The average molecular weight is 257 g/mol. The van der Waals surface area contributed by atoms with Crippen LogP contribution in [0.5, 0.6) is 0 Å². The van der Waals surface area contributed by atoms with Gasteiger partial charge in [0.15, 0.2) is 0 Å². The Kier molecular flexibility index (Phi) is 6.36. The molecule has 0 aromatic heterocycles. The summed E-state index contributed by atoms with van der Waals surface area (Å²) in [4.78, 5) is 2.79. The van der Waals surface area contributed by atoms with Gasteiger partial charge in [-0.15, -0.1) is 0 Å². The molecule has 1 aliphatic rings. The lowest BCUT2D eigenvalue weighted by atomic mass is 9.93. The van der Waals surface area contributed by atoms with Crippen molar-refractivity contribution in [1.29, 1.82) is 0 Å². The van der Waals surface area contributed by atoms with Gasteiger partial charge in [-0.1, -0.05) is 19.8 Å². The zero-order valence-electron chi connectivity index (χ0n) is 12.5. The predicted octanol–water partition coefficient (Wildman–Crippen LogP) is 4.42. The molecule has 1 atom stereocenters. The van der Waals surface area contributed by atoms with E-state index in [4.69, 9.17) is 0 Å². The van der Waals surface area contributed by atoms with E-state index in [0.29, 0.717) is 5.54 Å². The van der Waals surface area contributed by atoms with Crippen LogP contribution in [-0.4, -0.2) is 35.0 Å². The molecule has 0 aromatic carbocycles. The van der Waals surface area contributed by atoms with Gasteiger partial charge >= 0.3 is 0 Å². The summed E-state index contributed by atoms with van der Waals surface area (Å²) in [6, 6.07) is 0.720. The molecule has 0 bridgehead atoms. The molecule has 1 aliphatic carbocycles. The standard InChI is InChI=1S/C15H31NS/c1-6-7-10-15(3,4)16(11-14-8-9-14)13(2)12-17-5/h13-14H,6-12H2,1-5H3. The smallest absolute Gasteiger partial charge is 0.0163 e. The van der Waals surface area contributed by atoms with E-state index in [1.807, 2.05) is 11.8 Å². The van der Waals surface area contributed by atoms with Crippen LogP contribution in [0.3, 0.4) is 0 Å². The van der Waals surface area contributed by atoms with Crippen molar-refractivity contribution in [3.05, 3.63) is 0 Å². The highest BCUT2D eigenvalue weighted by atomic mass is 32.2. The first-order chi connectivity index (χ1) is 8.01. The number of hydrogen-bond donors (Lipinski definition) is 0. The largest absolute Gasteiger partial charge is 0.294 e. The molecule has 1 nitrogen and oxygen atoms in total. The highest BCUT2D eigenvalue weighted by Gasteiger charge is 2.34. The third kappa shape index (κ3) is 5.21. The molecule has 0 heterocycles. The Bertz CT molecular complexity index is 211.